The summed E-state index contributed by atoms with van der Waals surface area (Å²) in [6.45, 7) is 2.22. The molecule has 1 aromatic carbocycles. The summed E-state index contributed by atoms with van der Waals surface area (Å²) in [4.78, 5) is 10.2. The van der Waals surface area contributed by atoms with Gasteiger partial charge >= 0.3 is 0 Å². The van der Waals surface area contributed by atoms with E-state index in [0.29, 0.717) is 6.54 Å². The first-order chi connectivity index (χ1) is 8.41. The number of hydrogen-bond donors (Lipinski definition) is 2. The number of benzene rings is 1. The van der Waals surface area contributed by atoms with Crippen molar-refractivity contribution in [3.8, 4) is 0 Å². The van der Waals surface area contributed by atoms with E-state index >= 15 is 0 Å². The Morgan fingerprint density at radius 2 is 2.22 bits per heavy atom. The van der Waals surface area contributed by atoms with Crippen LogP contribution in [0.1, 0.15) is 24.8 Å². The number of halogens is 1. The predicted molar refractivity (Wildman–Crippen MR) is 70.1 cm³/mol. The molecular weight excluding hydrogens is 256 g/mol. The van der Waals surface area contributed by atoms with E-state index in [9.17, 15) is 15.2 Å². The van der Waals surface area contributed by atoms with Crippen LogP contribution in [0, 0.1) is 17.0 Å². The molecule has 0 atom stereocenters. The lowest BCUT2D eigenvalue weighted by Gasteiger charge is -2.37. The average molecular weight is 271 g/mol. The lowest BCUT2D eigenvalue weighted by molar-refractivity contribution is -0.384. The van der Waals surface area contributed by atoms with Crippen molar-refractivity contribution in [1.29, 1.82) is 0 Å². The molecule has 0 radical (unpaired) electrons. The van der Waals surface area contributed by atoms with Crippen molar-refractivity contribution >= 4 is 23.0 Å². The molecule has 0 aromatic heterocycles. The number of hydrogen-bond acceptors (Lipinski definition) is 4. The molecule has 5 nitrogen and oxygen atoms in total. The first kappa shape index (κ1) is 13.1. The third-order valence-corrected chi connectivity index (χ3v) is 3.69. The van der Waals surface area contributed by atoms with E-state index in [-0.39, 0.29) is 10.7 Å². The molecule has 1 aliphatic rings. The first-order valence-electron chi connectivity index (χ1n) is 5.82. The van der Waals surface area contributed by atoms with Crippen LogP contribution in [0.5, 0.6) is 0 Å². The van der Waals surface area contributed by atoms with Crippen molar-refractivity contribution < 1.29 is 10.0 Å². The number of nitrogens with zero attached hydrogens (tertiary/aromatic N) is 1. The van der Waals surface area contributed by atoms with Crippen molar-refractivity contribution in [1.82, 2.24) is 0 Å². The van der Waals surface area contributed by atoms with Crippen LogP contribution in [-0.2, 0) is 0 Å². The Bertz CT molecular complexity index is 486. The first-order valence-corrected chi connectivity index (χ1v) is 6.20. The van der Waals surface area contributed by atoms with Gasteiger partial charge in [-0.05, 0) is 37.8 Å². The molecule has 1 fully saturated rings. The second-order valence-electron chi connectivity index (χ2n) is 4.81. The molecule has 0 heterocycles. The number of nitro groups is 1. The maximum atomic E-state index is 10.7. The zero-order chi connectivity index (χ0) is 13.3. The molecule has 1 aromatic rings. The summed E-state index contributed by atoms with van der Waals surface area (Å²) in [7, 11) is 0. The standard InChI is InChI=1S/C12H15ClN2O3/c1-8-5-11(15(17)18)9(13)6-10(8)14-7-12(16)3-2-4-12/h5-6,14,16H,2-4,7H2,1H3. The highest BCUT2D eigenvalue weighted by Gasteiger charge is 2.34. The van der Waals surface area contributed by atoms with E-state index in [1.54, 1.807) is 6.92 Å². The van der Waals surface area contributed by atoms with Gasteiger partial charge in [0.1, 0.15) is 5.02 Å². The quantitative estimate of drug-likeness (QED) is 0.652. The summed E-state index contributed by atoms with van der Waals surface area (Å²) >= 11 is 5.85. The molecule has 0 aliphatic heterocycles. The minimum absolute atomic E-state index is 0.0953. The van der Waals surface area contributed by atoms with E-state index in [2.05, 4.69) is 5.32 Å². The Balaban J connectivity index is 2.13. The molecule has 1 saturated carbocycles. The fourth-order valence-electron chi connectivity index (χ4n) is 2.02. The van der Waals surface area contributed by atoms with Crippen LogP contribution in [0.4, 0.5) is 11.4 Å². The number of nitro benzene ring substituents is 1. The molecule has 0 amide bonds. The summed E-state index contributed by atoms with van der Waals surface area (Å²) in [5, 5.41) is 23.9. The summed E-state index contributed by atoms with van der Waals surface area (Å²) in [5.41, 5.74) is 0.739. The van der Waals surface area contributed by atoms with Crippen molar-refractivity contribution in [2.24, 2.45) is 0 Å². The Morgan fingerprint density at radius 1 is 1.56 bits per heavy atom. The van der Waals surface area contributed by atoms with E-state index < -0.39 is 10.5 Å². The van der Waals surface area contributed by atoms with Crippen molar-refractivity contribution in [3.05, 3.63) is 32.8 Å². The van der Waals surface area contributed by atoms with Crippen LogP contribution in [0.25, 0.3) is 0 Å². The molecule has 18 heavy (non-hydrogen) atoms. The van der Waals surface area contributed by atoms with Gasteiger partial charge < -0.3 is 10.4 Å². The molecule has 2 rings (SSSR count). The number of aliphatic hydroxyl groups is 1. The SMILES string of the molecule is Cc1cc([N+](=O)[O-])c(Cl)cc1NCC1(O)CCC1. The molecule has 6 heteroatoms. The summed E-state index contributed by atoms with van der Waals surface area (Å²) in [6.07, 6.45) is 2.62. The largest absolute Gasteiger partial charge is 0.388 e. The lowest BCUT2D eigenvalue weighted by Crippen LogP contribution is -2.43. The highest BCUT2D eigenvalue weighted by Crippen LogP contribution is 2.34. The van der Waals surface area contributed by atoms with Gasteiger partial charge in [0.2, 0.25) is 0 Å². The van der Waals surface area contributed by atoms with Crippen LogP contribution in [0.3, 0.4) is 0 Å². The highest BCUT2D eigenvalue weighted by molar-refractivity contribution is 6.33. The smallest absolute Gasteiger partial charge is 0.288 e. The third-order valence-electron chi connectivity index (χ3n) is 3.38. The van der Waals surface area contributed by atoms with Gasteiger partial charge in [-0.1, -0.05) is 11.6 Å². The topological polar surface area (TPSA) is 75.4 Å². The Kier molecular flexibility index (Phi) is 3.45. The Labute approximate surface area is 110 Å². The molecule has 0 spiro atoms. The summed E-state index contributed by atoms with van der Waals surface area (Å²) in [6, 6.07) is 2.98. The second-order valence-corrected chi connectivity index (χ2v) is 5.21. The molecule has 2 N–H and O–H groups in total. The van der Waals surface area contributed by atoms with Crippen LogP contribution in [0.15, 0.2) is 12.1 Å². The number of aryl methyl sites for hydroxylation is 1. The fourth-order valence-corrected chi connectivity index (χ4v) is 2.25. The minimum Gasteiger partial charge on any atom is -0.388 e. The lowest BCUT2D eigenvalue weighted by atomic mass is 9.80. The van der Waals surface area contributed by atoms with Crippen LogP contribution < -0.4 is 5.32 Å². The van der Waals surface area contributed by atoms with E-state index in [4.69, 9.17) is 11.6 Å². The fraction of sp³-hybridized carbons (Fsp3) is 0.500. The monoisotopic (exact) mass is 270 g/mol. The zero-order valence-electron chi connectivity index (χ0n) is 10.1. The third kappa shape index (κ3) is 2.57. The Morgan fingerprint density at radius 3 is 2.72 bits per heavy atom. The summed E-state index contributed by atoms with van der Waals surface area (Å²) < 4.78 is 0. The van der Waals surface area contributed by atoms with Gasteiger partial charge in [-0.3, -0.25) is 10.1 Å². The van der Waals surface area contributed by atoms with Gasteiger partial charge in [0, 0.05) is 18.3 Å². The Hall–Kier alpha value is -1.33. The van der Waals surface area contributed by atoms with Gasteiger partial charge in [-0.2, -0.15) is 0 Å². The van der Waals surface area contributed by atoms with Gasteiger partial charge in [0.05, 0.1) is 10.5 Å². The number of nitrogens with one attached hydrogen (secondary N) is 1. The zero-order valence-corrected chi connectivity index (χ0v) is 10.8. The molecule has 0 saturated heterocycles. The molecular formula is C12H15ClN2O3. The highest BCUT2D eigenvalue weighted by atomic mass is 35.5. The summed E-state index contributed by atoms with van der Waals surface area (Å²) in [5.74, 6) is 0. The molecule has 0 unspecified atom stereocenters. The van der Waals surface area contributed by atoms with Gasteiger partial charge in [-0.15, -0.1) is 0 Å². The normalized spacial score (nSPS) is 17.1. The van der Waals surface area contributed by atoms with Crippen molar-refractivity contribution in [3.63, 3.8) is 0 Å². The molecule has 1 aliphatic carbocycles. The van der Waals surface area contributed by atoms with Crippen molar-refractivity contribution in [2.75, 3.05) is 11.9 Å². The maximum absolute atomic E-state index is 10.7. The minimum atomic E-state index is -0.638. The average Bonchev–Trinajstić information content (AvgIpc) is 2.27. The van der Waals surface area contributed by atoms with Crippen LogP contribution in [-0.4, -0.2) is 22.2 Å². The number of rotatable bonds is 4. The van der Waals surface area contributed by atoms with Gasteiger partial charge in [-0.25, -0.2) is 0 Å². The van der Waals surface area contributed by atoms with E-state index in [1.165, 1.54) is 12.1 Å². The molecule has 0 bridgehead atoms. The number of anilines is 1. The van der Waals surface area contributed by atoms with E-state index in [0.717, 1.165) is 30.5 Å². The van der Waals surface area contributed by atoms with E-state index in [1.807, 2.05) is 0 Å². The van der Waals surface area contributed by atoms with Crippen molar-refractivity contribution in [2.45, 2.75) is 31.8 Å². The second kappa shape index (κ2) is 4.74. The molecule has 98 valence electrons. The van der Waals surface area contributed by atoms with Crippen LogP contribution >= 0.6 is 11.6 Å². The van der Waals surface area contributed by atoms with Gasteiger partial charge in [0.15, 0.2) is 0 Å². The van der Waals surface area contributed by atoms with Gasteiger partial charge in [0.25, 0.3) is 5.69 Å². The van der Waals surface area contributed by atoms with Crippen LogP contribution in [0.2, 0.25) is 5.02 Å². The maximum Gasteiger partial charge on any atom is 0.288 e. The predicted octanol–water partition coefficient (Wildman–Crippen LogP) is 2.88.